The van der Waals surface area contributed by atoms with Crippen molar-refractivity contribution in [3.05, 3.63) is 40.7 Å². The summed E-state index contributed by atoms with van der Waals surface area (Å²) < 4.78 is 0. The van der Waals surface area contributed by atoms with Crippen molar-refractivity contribution < 1.29 is 9.90 Å². The van der Waals surface area contributed by atoms with Crippen molar-refractivity contribution in [1.29, 1.82) is 0 Å². The van der Waals surface area contributed by atoms with Crippen molar-refractivity contribution >= 4 is 17.1 Å². The monoisotopic (exact) mass is 289 g/mol. The predicted molar refractivity (Wildman–Crippen MR) is 81.8 cm³/mol. The van der Waals surface area contributed by atoms with Gasteiger partial charge >= 0.3 is 0 Å². The maximum absolute atomic E-state index is 12.2. The molecule has 3 nitrogen and oxygen atoms in total. The summed E-state index contributed by atoms with van der Waals surface area (Å²) in [7, 11) is 0. The molecule has 0 amide bonds. The largest absolute Gasteiger partial charge is 0.382 e. The van der Waals surface area contributed by atoms with Gasteiger partial charge in [-0.05, 0) is 12.8 Å². The van der Waals surface area contributed by atoms with Crippen LogP contribution in [0.1, 0.15) is 31.7 Å². The van der Waals surface area contributed by atoms with E-state index in [4.69, 9.17) is 0 Å². The van der Waals surface area contributed by atoms with Gasteiger partial charge in [0.1, 0.15) is 10.6 Å². The van der Waals surface area contributed by atoms with Crippen molar-refractivity contribution in [3.63, 3.8) is 0 Å². The highest BCUT2D eigenvalue weighted by Gasteiger charge is 2.31. The summed E-state index contributed by atoms with van der Waals surface area (Å²) in [6.45, 7) is 3.66. The van der Waals surface area contributed by atoms with E-state index in [1.54, 1.807) is 0 Å². The van der Waals surface area contributed by atoms with Crippen LogP contribution in [0.3, 0.4) is 0 Å². The Kier molecular flexibility index (Phi) is 4.68. The van der Waals surface area contributed by atoms with Crippen molar-refractivity contribution in [1.82, 2.24) is 4.98 Å². The van der Waals surface area contributed by atoms with Crippen LogP contribution in [-0.4, -0.2) is 21.5 Å². The fraction of sp³-hybridized carbons (Fsp3) is 0.375. The van der Waals surface area contributed by atoms with Crippen molar-refractivity contribution in [2.24, 2.45) is 0 Å². The number of Topliss-reactive ketones (excluding diaryl/α,β-unsaturated/α-hetero) is 1. The summed E-state index contributed by atoms with van der Waals surface area (Å²) in [5.41, 5.74) is 0.720. The number of aromatic nitrogens is 1. The van der Waals surface area contributed by atoms with Gasteiger partial charge in [0.15, 0.2) is 5.78 Å². The molecule has 1 aromatic heterocycles. The lowest BCUT2D eigenvalue weighted by Gasteiger charge is -2.22. The Hall–Kier alpha value is -1.52. The van der Waals surface area contributed by atoms with Gasteiger partial charge in [-0.1, -0.05) is 44.2 Å². The molecule has 0 aliphatic carbocycles. The highest BCUT2D eigenvalue weighted by Crippen LogP contribution is 2.24. The third-order valence-corrected chi connectivity index (χ3v) is 4.47. The zero-order chi connectivity index (χ0) is 14.6. The normalized spacial score (nSPS) is 11.6. The van der Waals surface area contributed by atoms with Crippen LogP contribution < -0.4 is 0 Å². The molecular weight excluding hydrogens is 270 g/mol. The number of carbonyl (C=O) groups is 1. The van der Waals surface area contributed by atoms with E-state index in [0.29, 0.717) is 12.8 Å². The van der Waals surface area contributed by atoms with E-state index in [1.165, 1.54) is 11.3 Å². The number of nitrogens with zero attached hydrogens (tertiary/aromatic N) is 1. The molecule has 0 bridgehead atoms. The highest BCUT2D eigenvalue weighted by atomic mass is 32.1. The number of ketones is 1. The van der Waals surface area contributed by atoms with Crippen LogP contribution in [0.15, 0.2) is 35.7 Å². The molecule has 0 unspecified atom stereocenters. The van der Waals surface area contributed by atoms with E-state index in [-0.39, 0.29) is 12.2 Å². The molecular formula is C16H19NO2S. The van der Waals surface area contributed by atoms with E-state index >= 15 is 0 Å². The number of rotatable bonds is 6. The molecule has 0 saturated heterocycles. The smallest absolute Gasteiger partial charge is 0.171 e. The lowest BCUT2D eigenvalue weighted by molar-refractivity contribution is -0.137. The second kappa shape index (κ2) is 6.29. The Labute approximate surface area is 123 Å². The quantitative estimate of drug-likeness (QED) is 0.886. The van der Waals surface area contributed by atoms with Crippen LogP contribution in [0, 0.1) is 0 Å². The second-order valence-electron chi connectivity index (χ2n) is 4.83. The maximum Gasteiger partial charge on any atom is 0.171 e. The minimum atomic E-state index is -1.21. The Balaban J connectivity index is 2.13. The zero-order valence-electron chi connectivity index (χ0n) is 11.8. The van der Waals surface area contributed by atoms with E-state index < -0.39 is 5.60 Å². The molecule has 106 valence electrons. The summed E-state index contributed by atoms with van der Waals surface area (Å²) in [5.74, 6) is -0.142. The van der Waals surface area contributed by atoms with Gasteiger partial charge in [0.25, 0.3) is 0 Å². The molecule has 1 N–H and O–H groups in total. The van der Waals surface area contributed by atoms with Crippen molar-refractivity contribution in [3.8, 4) is 11.3 Å². The lowest BCUT2D eigenvalue weighted by atomic mass is 9.90. The molecule has 0 aliphatic rings. The minimum Gasteiger partial charge on any atom is -0.382 e. The van der Waals surface area contributed by atoms with Crippen molar-refractivity contribution in [2.45, 2.75) is 38.7 Å². The number of benzene rings is 1. The van der Waals surface area contributed by atoms with Gasteiger partial charge in [-0.2, -0.15) is 0 Å². The first-order valence-corrected chi connectivity index (χ1v) is 7.72. The van der Waals surface area contributed by atoms with Crippen LogP contribution in [-0.2, 0) is 11.2 Å². The molecule has 0 fully saturated rings. The van der Waals surface area contributed by atoms with E-state index in [2.05, 4.69) is 4.98 Å². The van der Waals surface area contributed by atoms with Gasteiger partial charge in [-0.15, -0.1) is 11.3 Å². The van der Waals surface area contributed by atoms with E-state index in [9.17, 15) is 9.90 Å². The van der Waals surface area contributed by atoms with Gasteiger partial charge in [0.2, 0.25) is 0 Å². The first kappa shape index (κ1) is 14.9. The third kappa shape index (κ3) is 3.14. The van der Waals surface area contributed by atoms with Gasteiger partial charge < -0.3 is 5.11 Å². The number of aliphatic hydroxyl groups is 1. The van der Waals surface area contributed by atoms with Crippen LogP contribution in [0.5, 0.6) is 0 Å². The molecule has 2 rings (SSSR count). The molecule has 4 heteroatoms. The SMILES string of the molecule is CCC(O)(CC)C(=O)Cc1nc(-c2ccccc2)cs1. The number of carbonyl (C=O) groups excluding carboxylic acids is 1. The molecule has 1 heterocycles. The van der Waals surface area contributed by atoms with Crippen LogP contribution in [0.4, 0.5) is 0 Å². The maximum atomic E-state index is 12.2. The molecule has 0 saturated carbocycles. The van der Waals surface area contributed by atoms with Crippen LogP contribution in [0.2, 0.25) is 0 Å². The predicted octanol–water partition coefficient (Wildman–Crippen LogP) is 3.47. The Morgan fingerprint density at radius 3 is 2.50 bits per heavy atom. The van der Waals surface area contributed by atoms with Gasteiger partial charge in [-0.25, -0.2) is 4.98 Å². The van der Waals surface area contributed by atoms with E-state index in [1.807, 2.05) is 49.6 Å². The molecule has 0 aliphatic heterocycles. The molecule has 20 heavy (non-hydrogen) atoms. The zero-order valence-corrected chi connectivity index (χ0v) is 12.6. The summed E-state index contributed by atoms with van der Waals surface area (Å²) in [5, 5.41) is 12.9. The molecule has 0 radical (unpaired) electrons. The van der Waals surface area contributed by atoms with Crippen LogP contribution >= 0.6 is 11.3 Å². The average molecular weight is 289 g/mol. The number of thiazole rings is 1. The first-order chi connectivity index (χ1) is 9.59. The lowest BCUT2D eigenvalue weighted by Crippen LogP contribution is -2.38. The molecule has 1 aromatic carbocycles. The van der Waals surface area contributed by atoms with Gasteiger partial charge in [0, 0.05) is 10.9 Å². The summed E-state index contributed by atoms with van der Waals surface area (Å²) in [6, 6.07) is 9.88. The highest BCUT2D eigenvalue weighted by molar-refractivity contribution is 7.10. The topological polar surface area (TPSA) is 50.2 Å². The van der Waals surface area contributed by atoms with E-state index in [0.717, 1.165) is 16.3 Å². The number of hydrogen-bond acceptors (Lipinski definition) is 4. The Morgan fingerprint density at radius 2 is 1.90 bits per heavy atom. The third-order valence-electron chi connectivity index (χ3n) is 3.62. The Bertz CT molecular complexity index is 573. The molecule has 0 spiro atoms. The minimum absolute atomic E-state index is 0.142. The van der Waals surface area contributed by atoms with Gasteiger partial charge in [0.05, 0.1) is 12.1 Å². The summed E-state index contributed by atoms with van der Waals surface area (Å²) >= 11 is 1.47. The first-order valence-electron chi connectivity index (χ1n) is 6.84. The summed E-state index contributed by atoms with van der Waals surface area (Å²) in [4.78, 5) is 16.6. The average Bonchev–Trinajstić information content (AvgIpc) is 2.95. The fourth-order valence-corrected chi connectivity index (χ4v) is 2.88. The van der Waals surface area contributed by atoms with Crippen molar-refractivity contribution in [2.75, 3.05) is 0 Å². The fourth-order valence-electron chi connectivity index (χ4n) is 2.08. The van der Waals surface area contributed by atoms with Crippen LogP contribution in [0.25, 0.3) is 11.3 Å². The standard InChI is InChI=1S/C16H19NO2S/c1-3-16(19,4-2)14(18)10-15-17-13(11-20-15)12-8-6-5-7-9-12/h5-9,11,19H,3-4,10H2,1-2H3. The Morgan fingerprint density at radius 1 is 1.25 bits per heavy atom. The second-order valence-corrected chi connectivity index (χ2v) is 5.77. The van der Waals surface area contributed by atoms with Gasteiger partial charge in [-0.3, -0.25) is 4.79 Å². The number of hydrogen-bond donors (Lipinski definition) is 1. The summed E-state index contributed by atoms with van der Waals surface area (Å²) in [6.07, 6.45) is 1.09. The molecule has 2 aromatic rings. The molecule has 0 atom stereocenters.